The van der Waals surface area contributed by atoms with Gasteiger partial charge in [-0.3, -0.25) is 4.79 Å². The zero-order valence-electron chi connectivity index (χ0n) is 12.5. The minimum atomic E-state index is 0.189. The van der Waals surface area contributed by atoms with Crippen molar-refractivity contribution in [1.29, 1.82) is 0 Å². The van der Waals surface area contributed by atoms with Crippen LogP contribution in [0.15, 0.2) is 0 Å². The Bertz CT molecular complexity index is 257. The molecule has 0 saturated heterocycles. The summed E-state index contributed by atoms with van der Waals surface area (Å²) in [6.07, 6.45) is 6.62. The maximum atomic E-state index is 12.0. The summed E-state index contributed by atoms with van der Waals surface area (Å²) in [5.74, 6) is 0.959. The second-order valence-electron chi connectivity index (χ2n) is 5.88. The number of unbranched alkanes of at least 4 members (excludes halogenated alkanes) is 1. The molecule has 4 heteroatoms. The lowest BCUT2D eigenvalue weighted by atomic mass is 9.81. The summed E-state index contributed by atoms with van der Waals surface area (Å²) in [5.41, 5.74) is 5.70. The van der Waals surface area contributed by atoms with Crippen LogP contribution in [-0.4, -0.2) is 31.7 Å². The Morgan fingerprint density at radius 3 is 2.84 bits per heavy atom. The normalized spacial score (nSPS) is 23.6. The predicted molar refractivity (Wildman–Crippen MR) is 77.8 cm³/mol. The van der Waals surface area contributed by atoms with Crippen molar-refractivity contribution < 1.29 is 9.53 Å². The van der Waals surface area contributed by atoms with Gasteiger partial charge in [0.2, 0.25) is 5.91 Å². The average Bonchev–Trinajstić information content (AvgIpc) is 2.42. The van der Waals surface area contributed by atoms with Crippen molar-refractivity contribution >= 4 is 5.91 Å². The molecule has 0 radical (unpaired) electrons. The molecule has 0 bridgehead atoms. The molecule has 0 aromatic heterocycles. The molecule has 112 valence electrons. The number of amides is 1. The van der Waals surface area contributed by atoms with Gasteiger partial charge in [-0.2, -0.15) is 0 Å². The highest BCUT2D eigenvalue weighted by atomic mass is 16.5. The Morgan fingerprint density at radius 1 is 1.37 bits per heavy atom. The summed E-state index contributed by atoms with van der Waals surface area (Å²) in [7, 11) is 0. The third-order valence-corrected chi connectivity index (χ3v) is 3.81. The van der Waals surface area contributed by atoms with Gasteiger partial charge in [0.05, 0.1) is 6.10 Å². The number of hydrogen-bond acceptors (Lipinski definition) is 3. The van der Waals surface area contributed by atoms with E-state index in [9.17, 15) is 4.79 Å². The first kappa shape index (κ1) is 16.4. The molecule has 2 atom stereocenters. The van der Waals surface area contributed by atoms with E-state index in [1.807, 2.05) is 13.8 Å². The van der Waals surface area contributed by atoms with Crippen LogP contribution in [0.3, 0.4) is 0 Å². The Labute approximate surface area is 117 Å². The number of rotatable bonds is 8. The zero-order valence-corrected chi connectivity index (χ0v) is 12.5. The highest BCUT2D eigenvalue weighted by molar-refractivity contribution is 5.78. The van der Waals surface area contributed by atoms with E-state index in [0.29, 0.717) is 12.0 Å². The van der Waals surface area contributed by atoms with Crippen molar-refractivity contribution in [1.82, 2.24) is 5.32 Å². The van der Waals surface area contributed by atoms with Crippen LogP contribution in [0.4, 0.5) is 0 Å². The molecule has 0 aromatic rings. The molecule has 19 heavy (non-hydrogen) atoms. The first-order valence-electron chi connectivity index (χ1n) is 7.72. The van der Waals surface area contributed by atoms with Gasteiger partial charge >= 0.3 is 0 Å². The number of carbonyl (C=O) groups excluding carboxylic acids is 1. The molecule has 1 fully saturated rings. The number of nitrogens with two attached hydrogens (primary N) is 1. The fraction of sp³-hybridized carbons (Fsp3) is 0.933. The molecule has 0 heterocycles. The molecule has 1 aliphatic rings. The standard InChI is InChI=1S/C15H30N2O2/c1-12(2)19-9-4-3-8-17-15(18)14-7-5-6-13(10-14)11-16/h12-14H,3-11,16H2,1-2H3,(H,17,18). The molecule has 0 aromatic carbocycles. The Morgan fingerprint density at radius 2 is 2.16 bits per heavy atom. The van der Waals surface area contributed by atoms with Crippen LogP contribution in [0.5, 0.6) is 0 Å². The molecule has 1 saturated carbocycles. The average molecular weight is 270 g/mol. The SMILES string of the molecule is CC(C)OCCCCNC(=O)C1CCCC(CN)C1. The van der Waals surface area contributed by atoms with Crippen LogP contribution < -0.4 is 11.1 Å². The van der Waals surface area contributed by atoms with E-state index >= 15 is 0 Å². The zero-order chi connectivity index (χ0) is 14.1. The van der Waals surface area contributed by atoms with E-state index in [1.165, 1.54) is 6.42 Å². The van der Waals surface area contributed by atoms with Crippen LogP contribution >= 0.6 is 0 Å². The summed E-state index contributed by atoms with van der Waals surface area (Å²) >= 11 is 0. The summed E-state index contributed by atoms with van der Waals surface area (Å²) in [6.45, 7) is 6.35. The van der Waals surface area contributed by atoms with Crippen LogP contribution in [0.25, 0.3) is 0 Å². The molecule has 3 N–H and O–H groups in total. The molecular weight excluding hydrogens is 240 g/mol. The van der Waals surface area contributed by atoms with Gasteiger partial charge in [-0.25, -0.2) is 0 Å². The van der Waals surface area contributed by atoms with Crippen molar-refractivity contribution in [2.75, 3.05) is 19.7 Å². The molecular formula is C15H30N2O2. The number of nitrogens with one attached hydrogen (secondary N) is 1. The minimum absolute atomic E-state index is 0.189. The predicted octanol–water partition coefficient (Wildman–Crippen LogP) is 2.07. The van der Waals surface area contributed by atoms with Crippen LogP contribution in [-0.2, 0) is 9.53 Å². The fourth-order valence-corrected chi connectivity index (χ4v) is 2.65. The van der Waals surface area contributed by atoms with Gasteiger partial charge < -0.3 is 15.8 Å². The lowest BCUT2D eigenvalue weighted by Crippen LogP contribution is -2.35. The first-order chi connectivity index (χ1) is 9.13. The third-order valence-electron chi connectivity index (χ3n) is 3.81. The molecule has 0 spiro atoms. The van der Waals surface area contributed by atoms with Crippen molar-refractivity contribution in [3.05, 3.63) is 0 Å². The van der Waals surface area contributed by atoms with Crippen LogP contribution in [0.1, 0.15) is 52.4 Å². The van der Waals surface area contributed by atoms with Crippen molar-refractivity contribution in [3.8, 4) is 0 Å². The lowest BCUT2D eigenvalue weighted by Gasteiger charge is -2.27. The summed E-state index contributed by atoms with van der Waals surface area (Å²) in [4.78, 5) is 12.0. The van der Waals surface area contributed by atoms with Gasteiger partial charge in [0, 0.05) is 19.1 Å². The largest absolute Gasteiger partial charge is 0.379 e. The Balaban J connectivity index is 2.07. The monoisotopic (exact) mass is 270 g/mol. The van der Waals surface area contributed by atoms with Gasteiger partial charge in [0.15, 0.2) is 0 Å². The van der Waals surface area contributed by atoms with Gasteiger partial charge in [-0.15, -0.1) is 0 Å². The van der Waals surface area contributed by atoms with Gasteiger partial charge in [0.25, 0.3) is 0 Å². The van der Waals surface area contributed by atoms with Crippen LogP contribution in [0, 0.1) is 11.8 Å². The second-order valence-corrected chi connectivity index (χ2v) is 5.88. The fourth-order valence-electron chi connectivity index (χ4n) is 2.65. The molecule has 1 rings (SSSR count). The molecule has 0 aliphatic heterocycles. The van der Waals surface area contributed by atoms with Gasteiger partial charge in [-0.1, -0.05) is 6.42 Å². The van der Waals surface area contributed by atoms with Crippen molar-refractivity contribution in [2.45, 2.75) is 58.5 Å². The summed E-state index contributed by atoms with van der Waals surface area (Å²) in [6, 6.07) is 0. The molecule has 1 amide bonds. The topological polar surface area (TPSA) is 64.3 Å². The van der Waals surface area contributed by atoms with E-state index < -0.39 is 0 Å². The third kappa shape index (κ3) is 6.92. The Hall–Kier alpha value is -0.610. The maximum Gasteiger partial charge on any atom is 0.223 e. The quantitative estimate of drug-likeness (QED) is 0.664. The van der Waals surface area contributed by atoms with E-state index in [0.717, 1.165) is 51.8 Å². The highest BCUT2D eigenvalue weighted by Crippen LogP contribution is 2.28. The molecule has 1 aliphatic carbocycles. The van der Waals surface area contributed by atoms with Gasteiger partial charge in [0.1, 0.15) is 0 Å². The Kier molecular flexibility index (Phi) is 8.07. The van der Waals surface area contributed by atoms with E-state index in [1.54, 1.807) is 0 Å². The number of hydrogen-bond donors (Lipinski definition) is 2. The number of ether oxygens (including phenoxy) is 1. The van der Waals surface area contributed by atoms with Gasteiger partial charge in [-0.05, 0) is 58.4 Å². The van der Waals surface area contributed by atoms with Crippen LogP contribution in [0.2, 0.25) is 0 Å². The summed E-state index contributed by atoms with van der Waals surface area (Å²) in [5, 5.41) is 3.05. The first-order valence-corrected chi connectivity index (χ1v) is 7.72. The van der Waals surface area contributed by atoms with E-state index in [2.05, 4.69) is 5.32 Å². The van der Waals surface area contributed by atoms with E-state index in [4.69, 9.17) is 10.5 Å². The maximum absolute atomic E-state index is 12.0. The smallest absolute Gasteiger partial charge is 0.223 e. The number of carbonyl (C=O) groups is 1. The lowest BCUT2D eigenvalue weighted by molar-refractivity contribution is -0.126. The van der Waals surface area contributed by atoms with Crippen molar-refractivity contribution in [2.24, 2.45) is 17.6 Å². The minimum Gasteiger partial charge on any atom is -0.379 e. The van der Waals surface area contributed by atoms with E-state index in [-0.39, 0.29) is 11.8 Å². The summed E-state index contributed by atoms with van der Waals surface area (Å²) < 4.78 is 5.47. The second kappa shape index (κ2) is 9.32. The molecule has 4 nitrogen and oxygen atoms in total. The highest BCUT2D eigenvalue weighted by Gasteiger charge is 2.25. The van der Waals surface area contributed by atoms with Crippen molar-refractivity contribution in [3.63, 3.8) is 0 Å². The molecule has 2 unspecified atom stereocenters.